The maximum atomic E-state index is 3.58. The van der Waals surface area contributed by atoms with E-state index in [1.807, 2.05) is 0 Å². The van der Waals surface area contributed by atoms with E-state index >= 15 is 0 Å². The summed E-state index contributed by atoms with van der Waals surface area (Å²) in [5.74, 6) is 2.65. The van der Waals surface area contributed by atoms with Crippen LogP contribution in [-0.2, 0) is 0 Å². The molecule has 0 aromatic heterocycles. The molecule has 1 saturated heterocycles. The number of hydrogen-bond acceptors (Lipinski definition) is 2. The van der Waals surface area contributed by atoms with Crippen LogP contribution in [0.1, 0.15) is 59.8 Å². The Morgan fingerprint density at radius 1 is 1.11 bits per heavy atom. The number of nitrogens with one attached hydrogen (secondary N) is 1. The van der Waals surface area contributed by atoms with Gasteiger partial charge in [-0.1, -0.05) is 26.7 Å². The van der Waals surface area contributed by atoms with Gasteiger partial charge in [0.05, 0.1) is 0 Å². The standard InChI is InChI=1S/C17H34N2/c1-13(2)19(12-16-8-6-10-18-11-16)17-9-5-7-14(3)15(17)4/h13-18H,5-12H2,1-4H3. The van der Waals surface area contributed by atoms with Gasteiger partial charge < -0.3 is 5.32 Å². The lowest BCUT2D eigenvalue weighted by atomic mass is 9.76. The van der Waals surface area contributed by atoms with Gasteiger partial charge in [-0.25, -0.2) is 0 Å². The van der Waals surface area contributed by atoms with E-state index in [1.54, 1.807) is 0 Å². The molecule has 2 aliphatic rings. The molecule has 2 rings (SSSR count). The predicted octanol–water partition coefficient (Wildman–Crippen LogP) is 3.52. The van der Waals surface area contributed by atoms with E-state index in [4.69, 9.17) is 0 Å². The monoisotopic (exact) mass is 266 g/mol. The number of nitrogens with zero attached hydrogens (tertiary/aromatic N) is 1. The molecule has 4 unspecified atom stereocenters. The molecule has 1 N–H and O–H groups in total. The largest absolute Gasteiger partial charge is 0.316 e. The molecule has 0 amide bonds. The fraction of sp³-hybridized carbons (Fsp3) is 1.00. The highest BCUT2D eigenvalue weighted by Crippen LogP contribution is 2.34. The highest BCUT2D eigenvalue weighted by Gasteiger charge is 2.33. The summed E-state index contributed by atoms with van der Waals surface area (Å²) in [5.41, 5.74) is 0. The summed E-state index contributed by atoms with van der Waals surface area (Å²) >= 11 is 0. The molecule has 1 aliphatic carbocycles. The summed E-state index contributed by atoms with van der Waals surface area (Å²) in [6.45, 7) is 13.5. The fourth-order valence-corrected chi connectivity index (χ4v) is 4.13. The van der Waals surface area contributed by atoms with Crippen LogP contribution in [0.25, 0.3) is 0 Å². The zero-order chi connectivity index (χ0) is 13.8. The van der Waals surface area contributed by atoms with Crippen molar-refractivity contribution < 1.29 is 0 Å². The maximum absolute atomic E-state index is 3.58. The molecule has 4 atom stereocenters. The molecule has 0 aromatic rings. The second-order valence-electron chi connectivity index (χ2n) is 7.34. The Balaban J connectivity index is 1.97. The van der Waals surface area contributed by atoms with Crippen molar-refractivity contribution >= 4 is 0 Å². The summed E-state index contributed by atoms with van der Waals surface area (Å²) in [6, 6.07) is 1.52. The maximum Gasteiger partial charge on any atom is 0.0126 e. The van der Waals surface area contributed by atoms with Gasteiger partial charge in [0.2, 0.25) is 0 Å². The fourth-order valence-electron chi connectivity index (χ4n) is 4.13. The minimum Gasteiger partial charge on any atom is -0.316 e. The number of hydrogen-bond donors (Lipinski definition) is 1. The quantitative estimate of drug-likeness (QED) is 0.837. The van der Waals surface area contributed by atoms with Crippen LogP contribution in [0.3, 0.4) is 0 Å². The molecule has 0 spiro atoms. The Hall–Kier alpha value is -0.0800. The lowest BCUT2D eigenvalue weighted by molar-refractivity contribution is 0.0408. The first kappa shape index (κ1) is 15.3. The van der Waals surface area contributed by atoms with Crippen molar-refractivity contribution in [1.82, 2.24) is 10.2 Å². The van der Waals surface area contributed by atoms with E-state index in [2.05, 4.69) is 37.9 Å². The summed E-state index contributed by atoms with van der Waals surface area (Å²) in [4.78, 5) is 2.83. The second-order valence-corrected chi connectivity index (χ2v) is 7.34. The molecule has 1 aliphatic heterocycles. The topological polar surface area (TPSA) is 15.3 Å². The summed E-state index contributed by atoms with van der Waals surface area (Å²) < 4.78 is 0. The molecule has 1 heterocycles. The van der Waals surface area contributed by atoms with Gasteiger partial charge in [-0.2, -0.15) is 0 Å². The molecule has 0 radical (unpaired) electrons. The molecule has 2 fully saturated rings. The van der Waals surface area contributed by atoms with Crippen molar-refractivity contribution in [2.45, 2.75) is 71.9 Å². The van der Waals surface area contributed by atoms with Gasteiger partial charge >= 0.3 is 0 Å². The average Bonchev–Trinajstić information content (AvgIpc) is 2.40. The van der Waals surface area contributed by atoms with Crippen molar-refractivity contribution in [3.05, 3.63) is 0 Å². The molecule has 19 heavy (non-hydrogen) atoms. The van der Waals surface area contributed by atoms with Gasteiger partial charge in [0.1, 0.15) is 0 Å². The Morgan fingerprint density at radius 3 is 2.53 bits per heavy atom. The van der Waals surface area contributed by atoms with Gasteiger partial charge in [0.25, 0.3) is 0 Å². The van der Waals surface area contributed by atoms with Crippen LogP contribution in [0.15, 0.2) is 0 Å². The molecular weight excluding hydrogens is 232 g/mol. The lowest BCUT2D eigenvalue weighted by Gasteiger charge is -2.45. The Labute approximate surface area is 120 Å². The van der Waals surface area contributed by atoms with E-state index in [0.29, 0.717) is 6.04 Å². The number of rotatable bonds is 4. The smallest absolute Gasteiger partial charge is 0.0126 e. The van der Waals surface area contributed by atoms with Gasteiger partial charge in [0, 0.05) is 18.6 Å². The molecule has 1 saturated carbocycles. The van der Waals surface area contributed by atoms with E-state index in [9.17, 15) is 0 Å². The third kappa shape index (κ3) is 3.95. The van der Waals surface area contributed by atoms with Gasteiger partial charge in [0.15, 0.2) is 0 Å². The van der Waals surface area contributed by atoms with E-state index in [-0.39, 0.29) is 0 Å². The Morgan fingerprint density at radius 2 is 1.89 bits per heavy atom. The first-order valence-corrected chi connectivity index (χ1v) is 8.56. The van der Waals surface area contributed by atoms with Crippen LogP contribution < -0.4 is 5.32 Å². The predicted molar refractivity (Wildman–Crippen MR) is 83.4 cm³/mol. The lowest BCUT2D eigenvalue weighted by Crippen LogP contribution is -2.50. The highest BCUT2D eigenvalue weighted by atomic mass is 15.2. The van der Waals surface area contributed by atoms with Crippen molar-refractivity contribution in [3.8, 4) is 0 Å². The SMILES string of the molecule is CC1CCCC(N(CC2CCCNC2)C(C)C)C1C. The van der Waals surface area contributed by atoms with Crippen molar-refractivity contribution in [3.63, 3.8) is 0 Å². The minimum atomic E-state index is 0.694. The highest BCUT2D eigenvalue weighted by molar-refractivity contribution is 4.87. The molecular formula is C17H34N2. The molecule has 112 valence electrons. The zero-order valence-corrected chi connectivity index (χ0v) is 13.5. The van der Waals surface area contributed by atoms with Crippen LogP contribution in [-0.4, -0.2) is 36.6 Å². The van der Waals surface area contributed by atoms with Crippen LogP contribution in [0, 0.1) is 17.8 Å². The van der Waals surface area contributed by atoms with Crippen LogP contribution in [0.5, 0.6) is 0 Å². The number of piperidine rings is 1. The minimum absolute atomic E-state index is 0.694. The Kier molecular flexibility index (Phi) is 5.70. The van der Waals surface area contributed by atoms with Gasteiger partial charge in [-0.3, -0.25) is 4.90 Å². The van der Waals surface area contributed by atoms with Crippen molar-refractivity contribution in [2.24, 2.45) is 17.8 Å². The summed E-state index contributed by atoms with van der Waals surface area (Å²) in [7, 11) is 0. The first-order chi connectivity index (χ1) is 9.09. The molecule has 2 nitrogen and oxygen atoms in total. The van der Waals surface area contributed by atoms with Gasteiger partial charge in [-0.05, 0) is 64.0 Å². The van der Waals surface area contributed by atoms with E-state index in [1.165, 1.54) is 51.7 Å². The summed E-state index contributed by atoms with van der Waals surface area (Å²) in [5, 5.41) is 3.58. The molecule has 2 heteroatoms. The van der Waals surface area contributed by atoms with Crippen molar-refractivity contribution in [2.75, 3.05) is 19.6 Å². The third-order valence-electron chi connectivity index (χ3n) is 5.62. The van der Waals surface area contributed by atoms with E-state index < -0.39 is 0 Å². The first-order valence-electron chi connectivity index (χ1n) is 8.56. The second kappa shape index (κ2) is 7.08. The van der Waals surface area contributed by atoms with Crippen molar-refractivity contribution in [1.29, 1.82) is 0 Å². The van der Waals surface area contributed by atoms with Crippen LogP contribution in [0.4, 0.5) is 0 Å². The average molecular weight is 266 g/mol. The molecule has 0 bridgehead atoms. The van der Waals surface area contributed by atoms with Gasteiger partial charge in [-0.15, -0.1) is 0 Å². The third-order valence-corrected chi connectivity index (χ3v) is 5.62. The zero-order valence-electron chi connectivity index (χ0n) is 13.5. The van der Waals surface area contributed by atoms with Crippen LogP contribution >= 0.6 is 0 Å². The Bertz CT molecular complexity index is 258. The van der Waals surface area contributed by atoms with E-state index in [0.717, 1.165) is 23.8 Å². The normalized spacial score (nSPS) is 36.9. The van der Waals surface area contributed by atoms with Crippen LogP contribution in [0.2, 0.25) is 0 Å². The molecule has 0 aromatic carbocycles. The summed E-state index contributed by atoms with van der Waals surface area (Å²) in [6.07, 6.45) is 7.08.